The molecular formula is C30H38F2N8O2. The summed E-state index contributed by atoms with van der Waals surface area (Å²) in [5, 5.41) is 6.66. The summed E-state index contributed by atoms with van der Waals surface area (Å²) in [7, 11) is 0. The van der Waals surface area contributed by atoms with Crippen molar-refractivity contribution in [3.05, 3.63) is 46.0 Å². The van der Waals surface area contributed by atoms with E-state index in [2.05, 4.69) is 30.4 Å². The summed E-state index contributed by atoms with van der Waals surface area (Å²) in [6.07, 6.45) is 7.80. The first-order valence-corrected chi connectivity index (χ1v) is 14.9. The Morgan fingerprint density at radius 3 is 2.52 bits per heavy atom. The SMILES string of the molecule is CC(=O)c1c(C)c2cnc(Nc3ccc(N4CCN(CC5CCNCC5(F)F)CC4)cn3)nc2n(C2CCCC2)c1=O. The van der Waals surface area contributed by atoms with Crippen molar-refractivity contribution >= 4 is 34.3 Å². The zero-order valence-corrected chi connectivity index (χ0v) is 24.2. The van der Waals surface area contributed by atoms with E-state index in [9.17, 15) is 18.4 Å². The number of nitrogens with zero attached hydrogens (tertiary/aromatic N) is 6. The number of alkyl halides is 2. The van der Waals surface area contributed by atoms with E-state index in [0.717, 1.165) is 57.5 Å². The van der Waals surface area contributed by atoms with Crippen LogP contribution >= 0.6 is 0 Å². The van der Waals surface area contributed by atoms with Gasteiger partial charge in [-0.1, -0.05) is 12.8 Å². The van der Waals surface area contributed by atoms with E-state index < -0.39 is 11.8 Å². The van der Waals surface area contributed by atoms with Gasteiger partial charge in [-0.15, -0.1) is 0 Å². The van der Waals surface area contributed by atoms with Gasteiger partial charge in [-0.05, 0) is 57.4 Å². The first-order chi connectivity index (χ1) is 20.2. The molecule has 0 radical (unpaired) electrons. The number of carbonyl (C=O) groups is 1. The van der Waals surface area contributed by atoms with Crippen LogP contribution in [0.4, 0.5) is 26.2 Å². The third-order valence-electron chi connectivity index (χ3n) is 9.08. The second kappa shape index (κ2) is 11.6. The molecule has 2 aliphatic heterocycles. The number of aromatic nitrogens is 4. The topological polar surface area (TPSA) is 108 Å². The van der Waals surface area contributed by atoms with E-state index >= 15 is 0 Å². The third kappa shape index (κ3) is 5.61. The van der Waals surface area contributed by atoms with E-state index in [-0.39, 0.29) is 29.5 Å². The molecule has 12 heteroatoms. The number of hydrogen-bond donors (Lipinski definition) is 2. The highest BCUT2D eigenvalue weighted by molar-refractivity contribution is 5.99. The average molecular weight is 581 g/mol. The number of hydrogen-bond acceptors (Lipinski definition) is 9. The molecule has 1 saturated carbocycles. The molecule has 2 N–H and O–H groups in total. The lowest BCUT2D eigenvalue weighted by molar-refractivity contribution is -0.0831. The van der Waals surface area contributed by atoms with Crippen LogP contribution in [0.25, 0.3) is 11.0 Å². The van der Waals surface area contributed by atoms with Crippen molar-refractivity contribution in [2.24, 2.45) is 5.92 Å². The van der Waals surface area contributed by atoms with Crippen molar-refractivity contribution in [2.45, 2.75) is 57.9 Å². The Labute approximate surface area is 243 Å². The van der Waals surface area contributed by atoms with Crippen molar-refractivity contribution in [1.82, 2.24) is 29.7 Å². The first-order valence-electron chi connectivity index (χ1n) is 14.9. The Balaban J connectivity index is 1.15. The van der Waals surface area contributed by atoms with Crippen molar-refractivity contribution < 1.29 is 13.6 Å². The predicted molar refractivity (Wildman–Crippen MR) is 158 cm³/mol. The molecule has 1 unspecified atom stereocenters. The fraction of sp³-hybridized carbons (Fsp3) is 0.567. The molecule has 0 spiro atoms. The highest BCUT2D eigenvalue weighted by atomic mass is 19.3. The molecule has 2 saturated heterocycles. The number of piperazine rings is 1. The summed E-state index contributed by atoms with van der Waals surface area (Å²) in [4.78, 5) is 43.9. The van der Waals surface area contributed by atoms with Crippen molar-refractivity contribution in [1.29, 1.82) is 0 Å². The van der Waals surface area contributed by atoms with E-state index in [1.165, 1.54) is 6.92 Å². The van der Waals surface area contributed by atoms with Gasteiger partial charge in [0.25, 0.3) is 11.5 Å². The summed E-state index contributed by atoms with van der Waals surface area (Å²) in [5.74, 6) is -2.60. The number of piperidine rings is 1. The van der Waals surface area contributed by atoms with Gasteiger partial charge in [0.2, 0.25) is 5.95 Å². The van der Waals surface area contributed by atoms with Gasteiger partial charge in [-0.2, -0.15) is 4.98 Å². The van der Waals surface area contributed by atoms with Gasteiger partial charge in [0.15, 0.2) is 5.78 Å². The summed E-state index contributed by atoms with van der Waals surface area (Å²) in [6.45, 7) is 7.02. The number of ketones is 1. The lowest BCUT2D eigenvalue weighted by atomic mass is 9.93. The minimum atomic E-state index is -2.65. The Morgan fingerprint density at radius 1 is 1.10 bits per heavy atom. The maximum Gasteiger partial charge on any atom is 0.264 e. The normalized spacial score (nSPS) is 21.6. The number of anilines is 3. The number of fused-ring (bicyclic) bond motifs is 1. The zero-order chi connectivity index (χ0) is 29.4. The molecule has 6 rings (SSSR count). The number of Topliss-reactive ketones (excluding diaryl/α,β-unsaturated/α-hetero) is 1. The van der Waals surface area contributed by atoms with Crippen LogP contribution in [-0.2, 0) is 0 Å². The maximum absolute atomic E-state index is 14.3. The molecule has 0 bridgehead atoms. The summed E-state index contributed by atoms with van der Waals surface area (Å²) >= 11 is 0. The number of rotatable bonds is 7. The molecule has 0 aromatic carbocycles. The second-order valence-corrected chi connectivity index (χ2v) is 11.8. The highest BCUT2D eigenvalue weighted by Gasteiger charge is 2.42. The summed E-state index contributed by atoms with van der Waals surface area (Å²) in [6, 6.07) is 3.85. The predicted octanol–water partition coefficient (Wildman–Crippen LogP) is 3.92. The van der Waals surface area contributed by atoms with Crippen LogP contribution in [0.5, 0.6) is 0 Å². The smallest absolute Gasteiger partial charge is 0.264 e. The minimum absolute atomic E-state index is 0.00971. The zero-order valence-electron chi connectivity index (χ0n) is 24.2. The number of carbonyl (C=O) groups excluding carboxylic acids is 1. The first kappa shape index (κ1) is 28.6. The Morgan fingerprint density at radius 2 is 1.86 bits per heavy atom. The Bertz CT molecular complexity index is 1510. The van der Waals surface area contributed by atoms with Crippen LogP contribution in [0.3, 0.4) is 0 Å². The number of halogens is 2. The van der Waals surface area contributed by atoms with Gasteiger partial charge in [0, 0.05) is 56.3 Å². The Hall–Kier alpha value is -3.51. The fourth-order valence-electron chi connectivity index (χ4n) is 6.68. The summed E-state index contributed by atoms with van der Waals surface area (Å²) in [5.41, 5.74) is 2.03. The lowest BCUT2D eigenvalue weighted by Crippen LogP contribution is -2.53. The lowest BCUT2D eigenvalue weighted by Gasteiger charge is -2.40. The van der Waals surface area contributed by atoms with E-state index in [1.807, 2.05) is 12.1 Å². The molecule has 3 fully saturated rings. The van der Waals surface area contributed by atoms with E-state index in [4.69, 9.17) is 4.98 Å². The van der Waals surface area contributed by atoms with E-state index in [0.29, 0.717) is 47.9 Å². The van der Waals surface area contributed by atoms with Crippen molar-refractivity contribution in [3.63, 3.8) is 0 Å². The van der Waals surface area contributed by atoms with Crippen LogP contribution in [0, 0.1) is 12.8 Å². The Kier molecular flexibility index (Phi) is 7.93. The summed E-state index contributed by atoms with van der Waals surface area (Å²) < 4.78 is 30.2. The minimum Gasteiger partial charge on any atom is -0.368 e. The van der Waals surface area contributed by atoms with Crippen molar-refractivity contribution in [2.75, 3.05) is 56.0 Å². The molecule has 10 nitrogen and oxygen atoms in total. The molecule has 1 aliphatic carbocycles. The molecule has 42 heavy (non-hydrogen) atoms. The molecule has 3 aromatic rings. The molecule has 3 aromatic heterocycles. The van der Waals surface area contributed by atoms with Crippen LogP contribution in [0.2, 0.25) is 0 Å². The second-order valence-electron chi connectivity index (χ2n) is 11.8. The largest absolute Gasteiger partial charge is 0.368 e. The number of aryl methyl sites for hydroxylation is 1. The van der Waals surface area contributed by atoms with Crippen molar-refractivity contribution in [3.8, 4) is 0 Å². The highest BCUT2D eigenvalue weighted by Crippen LogP contribution is 2.33. The fourth-order valence-corrected chi connectivity index (χ4v) is 6.68. The van der Waals surface area contributed by atoms with Gasteiger partial charge < -0.3 is 15.5 Å². The van der Waals surface area contributed by atoms with Crippen LogP contribution in [0.1, 0.15) is 61.0 Å². The quantitative estimate of drug-likeness (QED) is 0.402. The molecule has 3 aliphatic rings. The number of pyridine rings is 2. The van der Waals surface area contributed by atoms with Gasteiger partial charge in [0.1, 0.15) is 11.5 Å². The number of nitrogens with one attached hydrogen (secondary N) is 2. The average Bonchev–Trinajstić information content (AvgIpc) is 3.49. The van der Waals surface area contributed by atoms with Gasteiger partial charge in [0.05, 0.1) is 24.0 Å². The standard InChI is InChI=1S/C30H38F2N8O2/c1-19-24-16-35-29(37-27(24)40(22-5-3-4-6-22)28(42)26(19)20(2)41)36-25-8-7-23(15-34-25)39-13-11-38(12-14-39)17-21-9-10-33-18-30(21,31)32/h7-8,15-16,21-22,33H,3-6,9-14,17-18H2,1-2H3,(H,34,35,36,37). The van der Waals surface area contributed by atoms with Crippen LogP contribution < -0.4 is 21.1 Å². The van der Waals surface area contributed by atoms with Gasteiger partial charge in [-0.3, -0.25) is 19.1 Å². The maximum atomic E-state index is 14.3. The molecular weight excluding hydrogens is 542 g/mol. The monoisotopic (exact) mass is 580 g/mol. The van der Waals surface area contributed by atoms with Gasteiger partial charge >= 0.3 is 0 Å². The van der Waals surface area contributed by atoms with E-state index in [1.54, 1.807) is 23.9 Å². The molecule has 1 atom stereocenters. The molecule has 224 valence electrons. The van der Waals surface area contributed by atoms with Crippen LogP contribution in [-0.4, -0.2) is 81.9 Å². The van der Waals surface area contributed by atoms with Crippen LogP contribution in [0.15, 0.2) is 29.3 Å². The third-order valence-corrected chi connectivity index (χ3v) is 9.08. The molecule has 5 heterocycles. The van der Waals surface area contributed by atoms with Gasteiger partial charge in [-0.25, -0.2) is 18.7 Å². The molecule has 0 amide bonds.